The van der Waals surface area contributed by atoms with Crippen molar-refractivity contribution in [1.29, 1.82) is 0 Å². The lowest BCUT2D eigenvalue weighted by molar-refractivity contribution is -0.137. The Balaban J connectivity index is 0. The Morgan fingerprint density at radius 3 is 1.71 bits per heavy atom. The van der Waals surface area contributed by atoms with E-state index >= 15 is 0 Å². The second-order valence-corrected chi connectivity index (χ2v) is 3.62. The highest BCUT2D eigenvalue weighted by molar-refractivity contribution is 7.97. The van der Waals surface area contributed by atoms with Crippen LogP contribution in [-0.4, -0.2) is 36.3 Å². The maximum absolute atomic E-state index is 10.8. The van der Waals surface area contributed by atoms with Gasteiger partial charge in [-0.15, -0.1) is 0 Å². The van der Waals surface area contributed by atoms with Gasteiger partial charge in [0, 0.05) is 19.4 Å². The smallest absolute Gasteiger partial charge is 0.232 e. The molecular weight excluding hydrogens is 198 g/mol. The van der Waals surface area contributed by atoms with E-state index in [0.29, 0.717) is 6.42 Å². The molecule has 1 aliphatic heterocycles. The van der Waals surface area contributed by atoms with Crippen LogP contribution in [0, 0.1) is 5.92 Å². The molecule has 0 radical (unpaired) electrons. The topological polar surface area (TPSA) is 37.4 Å². The van der Waals surface area contributed by atoms with Crippen molar-refractivity contribution in [1.82, 2.24) is 4.90 Å². The van der Waals surface area contributed by atoms with Gasteiger partial charge in [-0.05, 0) is 12.5 Å². The highest BCUT2D eigenvalue weighted by Crippen LogP contribution is 2.15. The standard InChI is InChI=1S/C6H9NO2.C2H6S.C2H6/c1-4-3-5(8)7(2)6(4)9;1-3-2;1-2/h4H,3H2,1-2H3;1-2H3;1-2H3. The molecule has 3 nitrogen and oxygen atoms in total. The molecule has 1 rings (SSSR count). The third-order valence-corrected chi connectivity index (χ3v) is 1.61. The number of imide groups is 1. The molecule has 0 aliphatic carbocycles. The van der Waals surface area contributed by atoms with Gasteiger partial charge in [-0.1, -0.05) is 20.8 Å². The number of nitrogens with zero attached hydrogens (tertiary/aromatic N) is 1. The number of thioether (sulfide) groups is 1. The number of carbonyl (C=O) groups excluding carboxylic acids is 2. The van der Waals surface area contributed by atoms with Gasteiger partial charge in [-0.2, -0.15) is 11.8 Å². The summed E-state index contributed by atoms with van der Waals surface area (Å²) < 4.78 is 0. The van der Waals surface area contributed by atoms with Crippen molar-refractivity contribution in [3.8, 4) is 0 Å². The Labute approximate surface area is 91.2 Å². The number of rotatable bonds is 0. The molecule has 0 aromatic carbocycles. The van der Waals surface area contributed by atoms with E-state index in [1.54, 1.807) is 18.7 Å². The minimum Gasteiger partial charge on any atom is -0.286 e. The van der Waals surface area contributed by atoms with E-state index in [4.69, 9.17) is 0 Å². The molecule has 0 saturated carbocycles. The molecular formula is C10H21NO2S. The largest absolute Gasteiger partial charge is 0.286 e. The monoisotopic (exact) mass is 219 g/mol. The van der Waals surface area contributed by atoms with E-state index in [2.05, 4.69) is 0 Å². The van der Waals surface area contributed by atoms with Crippen LogP contribution in [0.25, 0.3) is 0 Å². The molecule has 1 aliphatic rings. The molecule has 4 heteroatoms. The van der Waals surface area contributed by atoms with Gasteiger partial charge < -0.3 is 0 Å². The van der Waals surface area contributed by atoms with Crippen LogP contribution < -0.4 is 0 Å². The maximum Gasteiger partial charge on any atom is 0.232 e. The molecule has 1 fully saturated rings. The lowest BCUT2D eigenvalue weighted by Gasteiger charge is -2.03. The summed E-state index contributed by atoms with van der Waals surface area (Å²) in [5, 5.41) is 0. The van der Waals surface area contributed by atoms with Crippen molar-refractivity contribution in [3.63, 3.8) is 0 Å². The molecule has 0 spiro atoms. The molecule has 0 aromatic heterocycles. The summed E-state index contributed by atoms with van der Waals surface area (Å²) in [5.74, 6) is -0.213. The number of amides is 2. The molecule has 14 heavy (non-hydrogen) atoms. The van der Waals surface area contributed by atoms with Crippen molar-refractivity contribution in [2.45, 2.75) is 27.2 Å². The highest BCUT2D eigenvalue weighted by atomic mass is 32.2. The number of carbonyl (C=O) groups is 2. The summed E-state index contributed by atoms with van der Waals surface area (Å²) >= 11 is 1.75. The molecule has 1 heterocycles. The average molecular weight is 219 g/mol. The molecule has 2 amide bonds. The summed E-state index contributed by atoms with van der Waals surface area (Å²) in [6.45, 7) is 5.77. The van der Waals surface area contributed by atoms with Gasteiger partial charge in [0.05, 0.1) is 0 Å². The molecule has 0 bridgehead atoms. The first-order valence-corrected chi connectivity index (χ1v) is 6.38. The van der Waals surface area contributed by atoms with Crippen molar-refractivity contribution in [2.75, 3.05) is 19.6 Å². The minimum absolute atomic E-state index is 0.0556. The zero-order valence-electron chi connectivity index (χ0n) is 9.96. The van der Waals surface area contributed by atoms with Gasteiger partial charge in [-0.3, -0.25) is 14.5 Å². The Morgan fingerprint density at radius 1 is 1.29 bits per heavy atom. The van der Waals surface area contributed by atoms with E-state index < -0.39 is 0 Å². The van der Waals surface area contributed by atoms with Crippen LogP contribution in [-0.2, 0) is 9.59 Å². The second-order valence-electron chi connectivity index (χ2n) is 2.80. The first kappa shape index (κ1) is 15.9. The molecule has 1 atom stereocenters. The van der Waals surface area contributed by atoms with E-state index in [0.717, 1.165) is 0 Å². The number of hydrogen-bond acceptors (Lipinski definition) is 3. The maximum atomic E-state index is 10.8. The predicted molar refractivity (Wildman–Crippen MR) is 62.3 cm³/mol. The fourth-order valence-electron chi connectivity index (χ4n) is 0.940. The number of likely N-dealkylation sites (tertiary alicyclic amines) is 1. The van der Waals surface area contributed by atoms with Crippen LogP contribution in [0.5, 0.6) is 0 Å². The molecule has 0 N–H and O–H groups in total. The molecule has 1 saturated heterocycles. The first-order chi connectivity index (χ1) is 6.54. The van der Waals surface area contributed by atoms with Crippen molar-refractivity contribution in [2.24, 2.45) is 5.92 Å². The Morgan fingerprint density at radius 2 is 1.64 bits per heavy atom. The normalized spacial score (nSPS) is 19.6. The van der Waals surface area contributed by atoms with Gasteiger partial charge in [0.1, 0.15) is 0 Å². The average Bonchev–Trinajstić information content (AvgIpc) is 2.38. The zero-order valence-corrected chi connectivity index (χ0v) is 10.8. The highest BCUT2D eigenvalue weighted by Gasteiger charge is 2.32. The van der Waals surface area contributed by atoms with Gasteiger partial charge in [0.25, 0.3) is 0 Å². The van der Waals surface area contributed by atoms with Crippen LogP contribution in [0.2, 0.25) is 0 Å². The predicted octanol–water partition coefficient (Wildman–Crippen LogP) is 2.02. The Bertz CT molecular complexity index is 183. The zero-order chi connectivity index (χ0) is 11.7. The summed E-state index contributed by atoms with van der Waals surface area (Å²) in [7, 11) is 1.52. The van der Waals surface area contributed by atoms with Crippen LogP contribution in [0.3, 0.4) is 0 Å². The van der Waals surface area contributed by atoms with Crippen molar-refractivity contribution < 1.29 is 9.59 Å². The third-order valence-electron chi connectivity index (χ3n) is 1.61. The van der Waals surface area contributed by atoms with Gasteiger partial charge in [0.2, 0.25) is 11.8 Å². The second kappa shape index (κ2) is 9.06. The molecule has 1 unspecified atom stereocenters. The molecule has 0 aromatic rings. The third kappa shape index (κ3) is 5.27. The fraction of sp³-hybridized carbons (Fsp3) is 0.800. The fourth-order valence-corrected chi connectivity index (χ4v) is 0.940. The van der Waals surface area contributed by atoms with Gasteiger partial charge >= 0.3 is 0 Å². The van der Waals surface area contributed by atoms with E-state index in [1.807, 2.05) is 26.4 Å². The first-order valence-electron chi connectivity index (χ1n) is 4.75. The van der Waals surface area contributed by atoms with Crippen LogP contribution in [0.1, 0.15) is 27.2 Å². The number of hydrogen-bond donors (Lipinski definition) is 0. The Hall–Kier alpha value is -0.510. The van der Waals surface area contributed by atoms with Crippen LogP contribution >= 0.6 is 11.8 Å². The van der Waals surface area contributed by atoms with Crippen molar-refractivity contribution >= 4 is 23.6 Å². The van der Waals surface area contributed by atoms with E-state index in [9.17, 15) is 9.59 Å². The van der Waals surface area contributed by atoms with E-state index in [-0.39, 0.29) is 17.7 Å². The molecule has 84 valence electrons. The Kier molecular flexibility index (Phi) is 10.3. The quantitative estimate of drug-likeness (QED) is 0.585. The summed E-state index contributed by atoms with van der Waals surface area (Å²) in [6, 6.07) is 0. The van der Waals surface area contributed by atoms with Crippen molar-refractivity contribution in [3.05, 3.63) is 0 Å². The summed E-state index contributed by atoms with van der Waals surface area (Å²) in [6.07, 6.45) is 4.47. The minimum atomic E-state index is -0.0949. The lowest BCUT2D eigenvalue weighted by atomic mass is 10.1. The summed E-state index contributed by atoms with van der Waals surface area (Å²) in [4.78, 5) is 22.7. The van der Waals surface area contributed by atoms with Gasteiger partial charge in [-0.25, -0.2) is 0 Å². The summed E-state index contributed by atoms with van der Waals surface area (Å²) in [5.41, 5.74) is 0. The van der Waals surface area contributed by atoms with Crippen LogP contribution in [0.4, 0.5) is 0 Å². The van der Waals surface area contributed by atoms with E-state index in [1.165, 1.54) is 11.9 Å². The van der Waals surface area contributed by atoms with Gasteiger partial charge in [0.15, 0.2) is 0 Å². The van der Waals surface area contributed by atoms with Crippen LogP contribution in [0.15, 0.2) is 0 Å². The SMILES string of the molecule is CC.CC1CC(=O)N(C)C1=O.CSC. The lowest BCUT2D eigenvalue weighted by Crippen LogP contribution is -2.24.